The molecule has 1 rings (SSSR count). The van der Waals surface area contributed by atoms with Crippen molar-refractivity contribution < 1.29 is 15.0 Å². The van der Waals surface area contributed by atoms with Crippen molar-refractivity contribution in [2.75, 3.05) is 0 Å². The van der Waals surface area contributed by atoms with Crippen molar-refractivity contribution in [3.63, 3.8) is 0 Å². The Hall–Kier alpha value is -1.61. The predicted molar refractivity (Wildman–Crippen MR) is 53.7 cm³/mol. The molecule has 0 radical (unpaired) electrons. The lowest BCUT2D eigenvalue weighted by molar-refractivity contribution is -0.146. The summed E-state index contributed by atoms with van der Waals surface area (Å²) in [6, 6.07) is 9.51. The van der Waals surface area contributed by atoms with Crippen LogP contribution in [0.1, 0.15) is 12.0 Å². The van der Waals surface area contributed by atoms with E-state index in [0.717, 1.165) is 5.56 Å². The predicted octanol–water partition coefficient (Wildman–Crippen LogP) is 1.54. The summed E-state index contributed by atoms with van der Waals surface area (Å²) in [5.41, 5.74) is 0.991. The second-order valence-electron chi connectivity index (χ2n) is 2.90. The molecule has 0 unspecified atom stereocenters. The molecule has 3 nitrogen and oxygen atoms in total. The molecule has 0 saturated heterocycles. The topological polar surface area (TPSA) is 57.5 Å². The van der Waals surface area contributed by atoms with Crippen molar-refractivity contribution in [2.45, 2.75) is 12.5 Å². The van der Waals surface area contributed by atoms with Crippen molar-refractivity contribution in [2.24, 2.45) is 0 Å². The first-order chi connectivity index (χ1) is 6.70. The van der Waals surface area contributed by atoms with E-state index in [1.807, 2.05) is 30.3 Å². The minimum absolute atomic E-state index is 0.129. The van der Waals surface area contributed by atoms with E-state index < -0.39 is 12.1 Å². The number of carbonyl (C=O) groups is 1. The van der Waals surface area contributed by atoms with E-state index >= 15 is 0 Å². The highest BCUT2D eigenvalue weighted by molar-refractivity contribution is 5.72. The highest BCUT2D eigenvalue weighted by Gasteiger charge is 2.09. The molecule has 0 saturated carbocycles. The molecule has 0 amide bonds. The van der Waals surface area contributed by atoms with Crippen LogP contribution in [-0.4, -0.2) is 22.3 Å². The molecule has 0 heterocycles. The largest absolute Gasteiger partial charge is 0.479 e. The molecule has 0 aliphatic carbocycles. The number of aliphatic hydroxyl groups excluding tert-OH is 1. The lowest BCUT2D eigenvalue weighted by atomic mass is 10.2. The van der Waals surface area contributed by atoms with Gasteiger partial charge in [0.15, 0.2) is 6.10 Å². The van der Waals surface area contributed by atoms with Gasteiger partial charge < -0.3 is 10.2 Å². The Morgan fingerprint density at radius 3 is 2.57 bits per heavy atom. The fourth-order valence-corrected chi connectivity index (χ4v) is 0.998. The van der Waals surface area contributed by atoms with Gasteiger partial charge in [-0.1, -0.05) is 42.5 Å². The molecular formula is C11H12O3. The third-order valence-corrected chi connectivity index (χ3v) is 1.75. The minimum atomic E-state index is -1.31. The van der Waals surface area contributed by atoms with Crippen molar-refractivity contribution in [3.05, 3.63) is 42.0 Å². The number of aliphatic carboxylic acids is 1. The standard InChI is InChI=1S/C11H12O3/c12-10(11(13)14)8-4-7-9-5-2-1-3-6-9/h1-7,10,12H,8H2,(H,13,14)/t10-/m1/s1. The summed E-state index contributed by atoms with van der Waals surface area (Å²) in [6.45, 7) is 0. The number of rotatable bonds is 4. The Kier molecular flexibility index (Phi) is 3.88. The maximum atomic E-state index is 10.3. The number of aliphatic hydroxyl groups is 1. The maximum Gasteiger partial charge on any atom is 0.332 e. The molecule has 2 N–H and O–H groups in total. The van der Waals surface area contributed by atoms with Crippen LogP contribution in [0.2, 0.25) is 0 Å². The normalized spacial score (nSPS) is 12.9. The van der Waals surface area contributed by atoms with Gasteiger partial charge in [-0.05, 0) is 5.56 Å². The average molecular weight is 192 g/mol. The molecule has 0 bridgehead atoms. The zero-order valence-electron chi connectivity index (χ0n) is 7.63. The maximum absolute atomic E-state index is 10.3. The van der Waals surface area contributed by atoms with Crippen molar-refractivity contribution in [1.29, 1.82) is 0 Å². The number of carboxylic acids is 1. The second-order valence-corrected chi connectivity index (χ2v) is 2.90. The molecule has 74 valence electrons. The summed E-state index contributed by atoms with van der Waals surface area (Å²) < 4.78 is 0. The van der Waals surface area contributed by atoms with Crippen LogP contribution in [-0.2, 0) is 4.79 Å². The molecule has 0 aromatic heterocycles. The van der Waals surface area contributed by atoms with Gasteiger partial charge in [0.05, 0.1) is 0 Å². The molecule has 0 spiro atoms. The highest BCUT2D eigenvalue weighted by Crippen LogP contribution is 2.03. The van der Waals surface area contributed by atoms with Gasteiger partial charge in [0.2, 0.25) is 0 Å². The van der Waals surface area contributed by atoms with Gasteiger partial charge in [0, 0.05) is 6.42 Å². The zero-order valence-corrected chi connectivity index (χ0v) is 7.63. The van der Waals surface area contributed by atoms with Crippen LogP contribution >= 0.6 is 0 Å². The van der Waals surface area contributed by atoms with Crippen LogP contribution in [0, 0.1) is 0 Å². The molecular weight excluding hydrogens is 180 g/mol. The summed E-state index contributed by atoms with van der Waals surface area (Å²) in [5, 5.41) is 17.3. The number of hydrogen-bond acceptors (Lipinski definition) is 2. The lowest BCUT2D eigenvalue weighted by Gasteiger charge is -1.99. The minimum Gasteiger partial charge on any atom is -0.479 e. The van der Waals surface area contributed by atoms with Gasteiger partial charge in [0.1, 0.15) is 0 Å². The molecule has 0 fully saturated rings. The number of benzene rings is 1. The van der Waals surface area contributed by atoms with E-state index in [4.69, 9.17) is 10.2 Å². The van der Waals surface area contributed by atoms with Crippen LogP contribution in [0.25, 0.3) is 6.08 Å². The van der Waals surface area contributed by atoms with Gasteiger partial charge in [-0.25, -0.2) is 4.79 Å². The van der Waals surface area contributed by atoms with Gasteiger partial charge in [0.25, 0.3) is 0 Å². The van der Waals surface area contributed by atoms with E-state index in [0.29, 0.717) is 0 Å². The Bertz CT molecular complexity index is 317. The number of hydrogen-bond donors (Lipinski definition) is 2. The van der Waals surface area contributed by atoms with Crippen molar-refractivity contribution >= 4 is 12.0 Å². The summed E-state index contributed by atoms with van der Waals surface area (Å²) >= 11 is 0. The lowest BCUT2D eigenvalue weighted by Crippen LogP contribution is -2.17. The monoisotopic (exact) mass is 192 g/mol. The van der Waals surface area contributed by atoms with E-state index in [9.17, 15) is 4.79 Å². The highest BCUT2D eigenvalue weighted by atomic mass is 16.4. The molecule has 1 aromatic rings. The van der Waals surface area contributed by atoms with Gasteiger partial charge >= 0.3 is 5.97 Å². The summed E-state index contributed by atoms with van der Waals surface area (Å²) in [6.07, 6.45) is 2.25. The Morgan fingerprint density at radius 1 is 1.36 bits per heavy atom. The third kappa shape index (κ3) is 3.41. The molecule has 3 heteroatoms. The van der Waals surface area contributed by atoms with E-state index in [1.54, 1.807) is 12.2 Å². The van der Waals surface area contributed by atoms with E-state index in [2.05, 4.69) is 0 Å². The van der Waals surface area contributed by atoms with Crippen LogP contribution in [0.5, 0.6) is 0 Å². The van der Waals surface area contributed by atoms with Crippen LogP contribution in [0.15, 0.2) is 36.4 Å². The van der Waals surface area contributed by atoms with Crippen LogP contribution in [0.3, 0.4) is 0 Å². The fourth-order valence-electron chi connectivity index (χ4n) is 0.998. The summed E-state index contributed by atoms with van der Waals surface area (Å²) in [4.78, 5) is 10.3. The Morgan fingerprint density at radius 2 is 2.00 bits per heavy atom. The average Bonchev–Trinajstić information content (AvgIpc) is 2.19. The SMILES string of the molecule is O=C(O)[C@H](O)CC=Cc1ccccc1. The second kappa shape index (κ2) is 5.19. The Labute approximate surface area is 82.3 Å². The van der Waals surface area contributed by atoms with Gasteiger partial charge in [-0.3, -0.25) is 0 Å². The molecule has 14 heavy (non-hydrogen) atoms. The Balaban J connectivity index is 2.46. The quantitative estimate of drug-likeness (QED) is 0.760. The molecule has 0 aliphatic heterocycles. The summed E-state index contributed by atoms with van der Waals surface area (Å²) in [5.74, 6) is -1.19. The van der Waals surface area contributed by atoms with Crippen molar-refractivity contribution in [3.8, 4) is 0 Å². The fraction of sp³-hybridized carbons (Fsp3) is 0.182. The zero-order chi connectivity index (χ0) is 10.4. The number of carboxylic acid groups (broad SMARTS) is 1. The first-order valence-corrected chi connectivity index (χ1v) is 4.32. The van der Waals surface area contributed by atoms with Gasteiger partial charge in [-0.15, -0.1) is 0 Å². The van der Waals surface area contributed by atoms with E-state index in [1.165, 1.54) is 0 Å². The van der Waals surface area contributed by atoms with E-state index in [-0.39, 0.29) is 6.42 Å². The van der Waals surface area contributed by atoms with Crippen LogP contribution in [0.4, 0.5) is 0 Å². The smallest absolute Gasteiger partial charge is 0.332 e. The van der Waals surface area contributed by atoms with Gasteiger partial charge in [-0.2, -0.15) is 0 Å². The summed E-state index contributed by atoms with van der Waals surface area (Å²) in [7, 11) is 0. The first kappa shape index (κ1) is 10.5. The van der Waals surface area contributed by atoms with Crippen molar-refractivity contribution in [1.82, 2.24) is 0 Å². The third-order valence-electron chi connectivity index (χ3n) is 1.75. The van der Waals surface area contributed by atoms with Crippen LogP contribution < -0.4 is 0 Å². The molecule has 1 aromatic carbocycles. The molecule has 0 aliphatic rings. The molecule has 1 atom stereocenters. The first-order valence-electron chi connectivity index (χ1n) is 4.32.